The van der Waals surface area contributed by atoms with Crippen LogP contribution in [0.25, 0.3) is 11.3 Å². The highest BCUT2D eigenvalue weighted by molar-refractivity contribution is 5.99. The van der Waals surface area contributed by atoms with Gasteiger partial charge in [-0.15, -0.1) is 0 Å². The first-order valence-corrected chi connectivity index (χ1v) is 7.61. The number of anilines is 2. The van der Waals surface area contributed by atoms with Crippen LogP contribution in [0, 0.1) is 11.7 Å². The first-order valence-electron chi connectivity index (χ1n) is 7.61. The van der Waals surface area contributed by atoms with Crippen molar-refractivity contribution in [1.82, 2.24) is 20.0 Å². The minimum atomic E-state index is -0.468. The van der Waals surface area contributed by atoms with E-state index in [2.05, 4.69) is 20.5 Å². The predicted octanol–water partition coefficient (Wildman–Crippen LogP) is 1.88. The summed E-state index contributed by atoms with van der Waals surface area (Å²) in [7, 11) is 3.55. The van der Waals surface area contributed by atoms with Gasteiger partial charge in [0.05, 0.1) is 23.5 Å². The Hall–Kier alpha value is -2.51. The van der Waals surface area contributed by atoms with Gasteiger partial charge < -0.3 is 10.2 Å². The number of nitrogens with zero attached hydrogens (tertiary/aromatic N) is 5. The second kappa shape index (κ2) is 4.74. The maximum atomic E-state index is 14.5. The molecular formula is C15H17FN6O. The largest absolute Gasteiger partial charge is 0.362 e. The van der Waals surface area contributed by atoms with Crippen LogP contribution in [0.2, 0.25) is 0 Å². The number of amides is 1. The predicted molar refractivity (Wildman–Crippen MR) is 82.4 cm³/mol. The molecule has 1 unspecified atom stereocenters. The van der Waals surface area contributed by atoms with Crippen LogP contribution in [0.1, 0.15) is 31.5 Å². The third-order valence-electron chi connectivity index (χ3n) is 4.50. The fourth-order valence-corrected chi connectivity index (χ4v) is 2.96. The minimum absolute atomic E-state index is 0.0518. The maximum absolute atomic E-state index is 14.5. The molecule has 8 heteroatoms. The zero-order chi connectivity index (χ0) is 16.3. The van der Waals surface area contributed by atoms with E-state index in [1.54, 1.807) is 7.05 Å². The summed E-state index contributed by atoms with van der Waals surface area (Å²) >= 11 is 0. The topological polar surface area (TPSA) is 75.9 Å². The normalized spacial score (nSPS) is 19.3. The van der Waals surface area contributed by atoms with Crippen LogP contribution in [0.5, 0.6) is 0 Å². The van der Waals surface area contributed by atoms with Gasteiger partial charge in [-0.3, -0.25) is 4.79 Å². The van der Waals surface area contributed by atoms with Crippen LogP contribution in [0.15, 0.2) is 6.20 Å². The van der Waals surface area contributed by atoms with Gasteiger partial charge in [0.2, 0.25) is 5.91 Å². The van der Waals surface area contributed by atoms with Gasteiger partial charge in [-0.05, 0) is 19.8 Å². The zero-order valence-electron chi connectivity index (χ0n) is 13.2. The molecule has 1 saturated carbocycles. The van der Waals surface area contributed by atoms with E-state index in [1.165, 1.54) is 4.80 Å². The molecule has 0 radical (unpaired) electrons. The number of rotatable bonds is 2. The number of fused-ring (bicyclic) bond motifs is 3. The van der Waals surface area contributed by atoms with Crippen molar-refractivity contribution in [3.63, 3.8) is 0 Å². The molecule has 120 valence electrons. The summed E-state index contributed by atoms with van der Waals surface area (Å²) < 4.78 is 14.5. The molecule has 23 heavy (non-hydrogen) atoms. The highest BCUT2D eigenvalue weighted by Crippen LogP contribution is 2.46. The van der Waals surface area contributed by atoms with Gasteiger partial charge in [-0.2, -0.15) is 15.0 Å². The lowest BCUT2D eigenvalue weighted by atomic mass is 9.98. The Morgan fingerprint density at radius 3 is 2.78 bits per heavy atom. The van der Waals surface area contributed by atoms with E-state index in [1.807, 2.05) is 18.9 Å². The van der Waals surface area contributed by atoms with Crippen molar-refractivity contribution in [2.75, 3.05) is 17.3 Å². The summed E-state index contributed by atoms with van der Waals surface area (Å²) in [5, 5.41) is 11.5. The summed E-state index contributed by atoms with van der Waals surface area (Å²) in [5.74, 6) is -0.0953. The third kappa shape index (κ3) is 2.08. The second-order valence-corrected chi connectivity index (χ2v) is 6.15. The van der Waals surface area contributed by atoms with Crippen molar-refractivity contribution in [3.8, 4) is 11.3 Å². The molecule has 1 fully saturated rings. The van der Waals surface area contributed by atoms with Gasteiger partial charge in [0.15, 0.2) is 11.6 Å². The summed E-state index contributed by atoms with van der Waals surface area (Å²) in [6.45, 7) is 1.97. The number of pyridine rings is 1. The van der Waals surface area contributed by atoms with E-state index in [0.717, 1.165) is 19.0 Å². The minimum Gasteiger partial charge on any atom is -0.362 e. The Labute approximate surface area is 132 Å². The zero-order valence-corrected chi connectivity index (χ0v) is 13.2. The van der Waals surface area contributed by atoms with Crippen LogP contribution < -0.4 is 10.2 Å². The summed E-state index contributed by atoms with van der Waals surface area (Å²) in [5.41, 5.74) is 2.12. The molecular weight excluding hydrogens is 299 g/mol. The monoisotopic (exact) mass is 316 g/mol. The summed E-state index contributed by atoms with van der Waals surface area (Å²) in [4.78, 5) is 19.5. The molecule has 3 heterocycles. The Morgan fingerprint density at radius 2 is 2.09 bits per heavy atom. The van der Waals surface area contributed by atoms with Crippen LogP contribution >= 0.6 is 0 Å². The van der Waals surface area contributed by atoms with Crippen LogP contribution in [-0.2, 0) is 11.8 Å². The van der Waals surface area contributed by atoms with Gasteiger partial charge in [-0.1, -0.05) is 0 Å². The Morgan fingerprint density at radius 1 is 1.35 bits per heavy atom. The second-order valence-electron chi connectivity index (χ2n) is 6.15. The molecule has 1 atom stereocenters. The Balaban J connectivity index is 1.88. The fraction of sp³-hybridized carbons (Fsp3) is 0.467. The lowest BCUT2D eigenvalue weighted by Gasteiger charge is -2.33. The molecule has 2 aromatic heterocycles. The molecule has 0 bridgehead atoms. The van der Waals surface area contributed by atoms with Crippen LogP contribution in [0.4, 0.5) is 15.9 Å². The van der Waals surface area contributed by atoms with E-state index >= 15 is 0 Å². The van der Waals surface area contributed by atoms with E-state index in [4.69, 9.17) is 0 Å². The van der Waals surface area contributed by atoms with E-state index < -0.39 is 5.82 Å². The smallest absolute Gasteiger partial charge is 0.228 e. The van der Waals surface area contributed by atoms with Crippen molar-refractivity contribution in [2.24, 2.45) is 13.0 Å². The molecule has 1 amide bonds. The van der Waals surface area contributed by atoms with Crippen molar-refractivity contribution in [3.05, 3.63) is 17.7 Å². The van der Waals surface area contributed by atoms with Crippen molar-refractivity contribution < 1.29 is 9.18 Å². The molecule has 7 nitrogen and oxygen atoms in total. The van der Waals surface area contributed by atoms with Crippen LogP contribution in [0.3, 0.4) is 0 Å². The molecule has 0 saturated heterocycles. The highest BCUT2D eigenvalue weighted by atomic mass is 19.1. The first-order chi connectivity index (χ1) is 11.0. The quantitative estimate of drug-likeness (QED) is 0.915. The highest BCUT2D eigenvalue weighted by Gasteiger charge is 2.36. The molecule has 0 aromatic carbocycles. The number of hydrogen-bond donors (Lipinski definition) is 1. The molecule has 4 rings (SSSR count). The van der Waals surface area contributed by atoms with Crippen LogP contribution in [-0.4, -0.2) is 32.9 Å². The Bertz CT molecular complexity index is 813. The molecule has 1 aliphatic heterocycles. The lowest BCUT2D eigenvalue weighted by molar-refractivity contribution is -0.117. The van der Waals surface area contributed by atoms with E-state index in [9.17, 15) is 9.18 Å². The van der Waals surface area contributed by atoms with Gasteiger partial charge in [0, 0.05) is 20.0 Å². The number of carbonyl (C=O) groups excluding carboxylic acids is 1. The summed E-state index contributed by atoms with van der Waals surface area (Å²) in [6, 6.07) is -0.0913. The standard InChI is InChI=1S/C15H17FN6O/c1-7-11-12(20-22(3)19-11)10-9(16)6-17-14(13(10)21(7)2)18-15(23)8-4-5-8/h6-8H,4-5H2,1-3H3,(H,17,18,23). The third-order valence-corrected chi connectivity index (χ3v) is 4.50. The molecule has 1 aliphatic carbocycles. The Kier molecular flexibility index (Phi) is 2.91. The van der Waals surface area contributed by atoms with Gasteiger partial charge in [0.25, 0.3) is 0 Å². The van der Waals surface area contributed by atoms with Gasteiger partial charge in [0.1, 0.15) is 11.4 Å². The molecule has 1 N–H and O–H groups in total. The number of aryl methyl sites for hydroxylation is 1. The van der Waals surface area contributed by atoms with Crippen molar-refractivity contribution in [2.45, 2.75) is 25.8 Å². The maximum Gasteiger partial charge on any atom is 0.228 e. The fourth-order valence-electron chi connectivity index (χ4n) is 2.96. The summed E-state index contributed by atoms with van der Waals surface area (Å²) in [6.07, 6.45) is 2.93. The number of carbonyl (C=O) groups is 1. The molecule has 2 aromatic rings. The van der Waals surface area contributed by atoms with Gasteiger partial charge >= 0.3 is 0 Å². The van der Waals surface area contributed by atoms with Crippen molar-refractivity contribution in [1.29, 1.82) is 0 Å². The van der Waals surface area contributed by atoms with Crippen molar-refractivity contribution >= 4 is 17.4 Å². The number of hydrogen-bond acceptors (Lipinski definition) is 5. The number of aromatic nitrogens is 4. The molecule has 0 spiro atoms. The average Bonchev–Trinajstić information content (AvgIpc) is 3.29. The number of halogens is 1. The van der Waals surface area contributed by atoms with Gasteiger partial charge in [-0.25, -0.2) is 9.37 Å². The SMILES string of the molecule is CC1c2nn(C)nc2-c2c(F)cnc(NC(=O)C3CC3)c2N1C. The average molecular weight is 316 g/mol. The van der Waals surface area contributed by atoms with E-state index in [0.29, 0.717) is 28.5 Å². The lowest BCUT2D eigenvalue weighted by Crippen LogP contribution is -2.29. The molecule has 2 aliphatic rings. The van der Waals surface area contributed by atoms with E-state index in [-0.39, 0.29) is 17.9 Å². The number of nitrogens with one attached hydrogen (secondary N) is 1. The first kappa shape index (κ1) is 14.1.